The first kappa shape index (κ1) is 16.5. The van der Waals surface area contributed by atoms with Gasteiger partial charge in [-0.1, -0.05) is 42.5 Å². The number of phenols is 1. The first-order valence-electron chi connectivity index (χ1n) is 7.76. The van der Waals surface area contributed by atoms with Crippen molar-refractivity contribution >= 4 is 6.09 Å². The second-order valence-electron chi connectivity index (χ2n) is 5.51. The van der Waals surface area contributed by atoms with Crippen molar-refractivity contribution in [3.05, 3.63) is 90.6 Å². The van der Waals surface area contributed by atoms with Gasteiger partial charge >= 0.3 is 6.09 Å². The van der Waals surface area contributed by atoms with Crippen molar-refractivity contribution in [2.24, 2.45) is 0 Å². The molecule has 0 fully saturated rings. The standard InChI is InChI=1S/C20H17N2O3/c23-16-8-6-15(7-9-16)17-10-11-21-13-18(17)19(22-20(24)25)12-14-4-2-1-3-5-14/h1-13,19,22-23H,(H,24,25)/t19-/m1/s1. The summed E-state index contributed by atoms with van der Waals surface area (Å²) in [4.78, 5) is 15.4. The Labute approximate surface area is 145 Å². The molecule has 0 unspecified atom stereocenters. The number of carboxylic acid groups (broad SMARTS) is 1. The van der Waals surface area contributed by atoms with E-state index in [0.29, 0.717) is 0 Å². The summed E-state index contributed by atoms with van der Waals surface area (Å²) < 4.78 is 0. The first-order chi connectivity index (χ1) is 12.1. The van der Waals surface area contributed by atoms with Crippen LogP contribution in [0.25, 0.3) is 11.1 Å². The fourth-order valence-electron chi connectivity index (χ4n) is 2.66. The number of hydrogen-bond donors (Lipinski definition) is 3. The van der Waals surface area contributed by atoms with Gasteiger partial charge in [-0.2, -0.15) is 0 Å². The Hall–Kier alpha value is -3.34. The molecule has 25 heavy (non-hydrogen) atoms. The topological polar surface area (TPSA) is 82.5 Å². The molecular weight excluding hydrogens is 316 g/mol. The third kappa shape index (κ3) is 4.14. The molecule has 5 nitrogen and oxygen atoms in total. The minimum absolute atomic E-state index is 0.176. The third-order valence-electron chi connectivity index (χ3n) is 3.80. The van der Waals surface area contributed by atoms with E-state index in [-0.39, 0.29) is 5.75 Å². The highest BCUT2D eigenvalue weighted by Crippen LogP contribution is 2.31. The Bertz CT molecular complexity index is 848. The van der Waals surface area contributed by atoms with Gasteiger partial charge in [-0.3, -0.25) is 4.98 Å². The molecule has 1 radical (unpaired) electrons. The summed E-state index contributed by atoms with van der Waals surface area (Å²) in [6.45, 7) is 0. The smallest absolute Gasteiger partial charge is 0.405 e. The van der Waals surface area contributed by atoms with Crippen LogP contribution in [0.1, 0.15) is 17.2 Å². The average Bonchev–Trinajstić information content (AvgIpc) is 2.62. The van der Waals surface area contributed by atoms with Crippen molar-refractivity contribution in [2.75, 3.05) is 0 Å². The van der Waals surface area contributed by atoms with Crippen LogP contribution >= 0.6 is 0 Å². The van der Waals surface area contributed by atoms with Crippen molar-refractivity contribution in [1.82, 2.24) is 10.3 Å². The lowest BCUT2D eigenvalue weighted by molar-refractivity contribution is 0.191. The Morgan fingerprint density at radius 2 is 1.76 bits per heavy atom. The minimum Gasteiger partial charge on any atom is -0.508 e. The monoisotopic (exact) mass is 333 g/mol. The van der Waals surface area contributed by atoms with Crippen molar-refractivity contribution in [3.63, 3.8) is 0 Å². The molecule has 1 aromatic heterocycles. The van der Waals surface area contributed by atoms with Gasteiger partial charge < -0.3 is 15.5 Å². The summed E-state index contributed by atoms with van der Waals surface area (Å²) in [6, 6.07) is 17.6. The van der Waals surface area contributed by atoms with Gasteiger partial charge in [-0.15, -0.1) is 0 Å². The summed E-state index contributed by atoms with van der Waals surface area (Å²) in [5.41, 5.74) is 3.36. The van der Waals surface area contributed by atoms with Gasteiger partial charge in [0, 0.05) is 24.4 Å². The molecule has 0 aliphatic carbocycles. The highest BCUT2D eigenvalue weighted by atomic mass is 16.4. The quantitative estimate of drug-likeness (QED) is 0.659. The molecule has 0 bridgehead atoms. The number of rotatable bonds is 5. The van der Waals surface area contributed by atoms with E-state index in [4.69, 9.17) is 0 Å². The number of carbonyl (C=O) groups is 1. The van der Waals surface area contributed by atoms with E-state index in [1.165, 1.54) is 0 Å². The SMILES string of the molecule is O=C(O)N[C@H]([CH]c1ccccc1)c1cnccc1-c1ccc(O)cc1. The average molecular weight is 333 g/mol. The molecule has 3 N–H and O–H groups in total. The second-order valence-corrected chi connectivity index (χ2v) is 5.51. The number of phenolic OH excluding ortho intramolecular Hbond substituents is 1. The third-order valence-corrected chi connectivity index (χ3v) is 3.80. The molecular formula is C20H17N2O3. The summed E-state index contributed by atoms with van der Waals surface area (Å²) in [5, 5.41) is 21.3. The fraction of sp³-hybridized carbons (Fsp3) is 0.0500. The molecule has 0 aliphatic heterocycles. The predicted octanol–water partition coefficient (Wildman–Crippen LogP) is 4.02. The largest absolute Gasteiger partial charge is 0.508 e. The van der Waals surface area contributed by atoms with E-state index in [9.17, 15) is 15.0 Å². The van der Waals surface area contributed by atoms with Crippen LogP contribution < -0.4 is 5.32 Å². The van der Waals surface area contributed by atoms with Gasteiger partial charge in [0.05, 0.1) is 6.04 Å². The number of benzene rings is 2. The van der Waals surface area contributed by atoms with Crippen LogP contribution in [0.2, 0.25) is 0 Å². The number of aromatic hydroxyl groups is 1. The van der Waals surface area contributed by atoms with Gasteiger partial charge in [-0.05, 0) is 34.9 Å². The Morgan fingerprint density at radius 1 is 1.04 bits per heavy atom. The highest BCUT2D eigenvalue weighted by molar-refractivity contribution is 5.71. The van der Waals surface area contributed by atoms with Gasteiger partial charge in [0.15, 0.2) is 0 Å². The molecule has 0 saturated heterocycles. The maximum absolute atomic E-state index is 11.3. The first-order valence-corrected chi connectivity index (χ1v) is 7.76. The van der Waals surface area contributed by atoms with Crippen LogP contribution in [0, 0.1) is 6.42 Å². The van der Waals surface area contributed by atoms with Crippen LogP contribution in [-0.2, 0) is 0 Å². The highest BCUT2D eigenvalue weighted by Gasteiger charge is 2.19. The molecule has 3 rings (SSSR count). The van der Waals surface area contributed by atoms with Crippen LogP contribution in [0.5, 0.6) is 5.75 Å². The van der Waals surface area contributed by atoms with Gasteiger partial charge in [0.1, 0.15) is 5.75 Å². The lowest BCUT2D eigenvalue weighted by Gasteiger charge is -2.20. The number of nitrogens with zero attached hydrogens (tertiary/aromatic N) is 1. The predicted molar refractivity (Wildman–Crippen MR) is 95.1 cm³/mol. The molecule has 0 aliphatic rings. The molecule has 0 saturated carbocycles. The second kappa shape index (κ2) is 7.49. The summed E-state index contributed by atoms with van der Waals surface area (Å²) in [5.74, 6) is 0.176. The summed E-state index contributed by atoms with van der Waals surface area (Å²) in [7, 11) is 0. The Balaban J connectivity index is 2.00. The number of nitrogens with one attached hydrogen (secondary N) is 1. The van der Waals surface area contributed by atoms with Crippen LogP contribution in [0.4, 0.5) is 4.79 Å². The molecule has 5 heteroatoms. The zero-order chi connectivity index (χ0) is 17.6. The van der Waals surface area contributed by atoms with Crippen molar-refractivity contribution in [3.8, 4) is 16.9 Å². The molecule has 1 atom stereocenters. The van der Waals surface area contributed by atoms with Crippen molar-refractivity contribution < 1.29 is 15.0 Å². The van der Waals surface area contributed by atoms with Gasteiger partial charge in [0.25, 0.3) is 0 Å². The van der Waals surface area contributed by atoms with Crippen LogP contribution in [-0.4, -0.2) is 21.3 Å². The molecule has 1 amide bonds. The van der Waals surface area contributed by atoms with Gasteiger partial charge in [-0.25, -0.2) is 4.79 Å². The zero-order valence-electron chi connectivity index (χ0n) is 13.3. The van der Waals surface area contributed by atoms with E-state index in [2.05, 4.69) is 10.3 Å². The molecule has 0 spiro atoms. The Kier molecular flexibility index (Phi) is 4.95. The molecule has 125 valence electrons. The van der Waals surface area contributed by atoms with Crippen LogP contribution in [0.3, 0.4) is 0 Å². The lowest BCUT2D eigenvalue weighted by atomic mass is 9.93. The van der Waals surface area contributed by atoms with E-state index in [1.807, 2.05) is 42.8 Å². The van der Waals surface area contributed by atoms with Crippen LogP contribution in [0.15, 0.2) is 73.1 Å². The fourth-order valence-corrected chi connectivity index (χ4v) is 2.66. The lowest BCUT2D eigenvalue weighted by Crippen LogP contribution is -2.28. The normalized spacial score (nSPS) is 11.7. The van der Waals surface area contributed by atoms with E-state index >= 15 is 0 Å². The maximum atomic E-state index is 11.3. The molecule has 3 aromatic rings. The van der Waals surface area contributed by atoms with Crippen molar-refractivity contribution in [2.45, 2.75) is 6.04 Å². The van der Waals surface area contributed by atoms with E-state index < -0.39 is 12.1 Å². The maximum Gasteiger partial charge on any atom is 0.405 e. The number of amides is 1. The minimum atomic E-state index is -1.11. The number of aromatic nitrogens is 1. The number of hydrogen-bond acceptors (Lipinski definition) is 3. The van der Waals surface area contributed by atoms with E-state index in [1.54, 1.807) is 36.7 Å². The van der Waals surface area contributed by atoms with E-state index in [0.717, 1.165) is 22.3 Å². The van der Waals surface area contributed by atoms with Gasteiger partial charge in [0.2, 0.25) is 0 Å². The van der Waals surface area contributed by atoms with Crippen molar-refractivity contribution in [1.29, 1.82) is 0 Å². The molecule has 1 heterocycles. The Morgan fingerprint density at radius 3 is 2.44 bits per heavy atom. The number of pyridine rings is 1. The summed E-state index contributed by atoms with van der Waals surface area (Å²) in [6.07, 6.45) is 4.04. The molecule has 2 aromatic carbocycles. The summed E-state index contributed by atoms with van der Waals surface area (Å²) >= 11 is 0. The zero-order valence-corrected chi connectivity index (χ0v) is 13.3.